The molecule has 0 N–H and O–H groups in total. The lowest BCUT2D eigenvalue weighted by Gasteiger charge is -2.38. The molecule has 1 saturated heterocycles. The van der Waals surface area contributed by atoms with Crippen LogP contribution in [0.2, 0.25) is 0 Å². The van der Waals surface area contributed by atoms with E-state index < -0.39 is 0 Å². The SMILES string of the molecule is CCN1CCN(C(=O)C(C)(C)CC)CC1. The number of carbonyl (C=O) groups excluding carboxylic acids is 1. The Balaban J connectivity index is 2.50. The second-order valence-electron chi connectivity index (χ2n) is 4.96. The van der Waals surface area contributed by atoms with Crippen LogP contribution in [0.1, 0.15) is 34.1 Å². The number of carbonyl (C=O) groups is 1. The molecule has 0 aromatic rings. The minimum Gasteiger partial charge on any atom is -0.340 e. The molecule has 0 atom stereocenters. The van der Waals surface area contributed by atoms with Gasteiger partial charge in [-0.05, 0) is 13.0 Å². The van der Waals surface area contributed by atoms with Gasteiger partial charge in [0.1, 0.15) is 0 Å². The van der Waals surface area contributed by atoms with E-state index in [0.717, 1.165) is 39.1 Å². The van der Waals surface area contributed by atoms with Gasteiger partial charge in [-0.3, -0.25) is 4.79 Å². The van der Waals surface area contributed by atoms with Gasteiger partial charge >= 0.3 is 0 Å². The lowest BCUT2D eigenvalue weighted by atomic mass is 9.88. The van der Waals surface area contributed by atoms with Gasteiger partial charge in [0.15, 0.2) is 0 Å². The molecule has 1 fully saturated rings. The van der Waals surface area contributed by atoms with Crippen LogP contribution >= 0.6 is 0 Å². The number of rotatable bonds is 3. The number of likely N-dealkylation sites (N-methyl/N-ethyl adjacent to an activating group) is 1. The number of nitrogens with zero attached hydrogens (tertiary/aromatic N) is 2. The van der Waals surface area contributed by atoms with Crippen molar-refractivity contribution in [1.29, 1.82) is 0 Å². The summed E-state index contributed by atoms with van der Waals surface area (Å²) >= 11 is 0. The molecule has 1 aliphatic heterocycles. The fourth-order valence-corrected chi connectivity index (χ4v) is 1.85. The second kappa shape index (κ2) is 4.97. The smallest absolute Gasteiger partial charge is 0.228 e. The van der Waals surface area contributed by atoms with Crippen LogP contribution in [0.25, 0.3) is 0 Å². The maximum atomic E-state index is 12.2. The number of hydrogen-bond donors (Lipinski definition) is 0. The predicted molar refractivity (Wildman–Crippen MR) is 62.8 cm³/mol. The molecule has 15 heavy (non-hydrogen) atoms. The summed E-state index contributed by atoms with van der Waals surface area (Å²) in [5, 5.41) is 0. The summed E-state index contributed by atoms with van der Waals surface area (Å²) in [7, 11) is 0. The average molecular weight is 212 g/mol. The lowest BCUT2D eigenvalue weighted by molar-refractivity contribution is -0.142. The average Bonchev–Trinajstić information content (AvgIpc) is 2.28. The first kappa shape index (κ1) is 12.5. The van der Waals surface area contributed by atoms with E-state index in [1.165, 1.54) is 0 Å². The Morgan fingerprint density at radius 1 is 1.13 bits per heavy atom. The second-order valence-corrected chi connectivity index (χ2v) is 4.96. The third kappa shape index (κ3) is 2.94. The van der Waals surface area contributed by atoms with Gasteiger partial charge in [0.2, 0.25) is 5.91 Å². The van der Waals surface area contributed by atoms with Crippen LogP contribution in [-0.4, -0.2) is 48.4 Å². The Morgan fingerprint density at radius 3 is 2.07 bits per heavy atom. The van der Waals surface area contributed by atoms with E-state index in [1.807, 2.05) is 18.7 Å². The standard InChI is InChI=1S/C12H24N2O/c1-5-12(3,4)11(15)14-9-7-13(6-2)8-10-14/h5-10H2,1-4H3. The first-order chi connectivity index (χ1) is 7.01. The summed E-state index contributed by atoms with van der Waals surface area (Å²) in [5.74, 6) is 0.320. The third-order valence-electron chi connectivity index (χ3n) is 3.57. The monoisotopic (exact) mass is 212 g/mol. The molecule has 0 aromatic heterocycles. The lowest BCUT2D eigenvalue weighted by Crippen LogP contribution is -2.51. The number of hydrogen-bond acceptors (Lipinski definition) is 2. The highest BCUT2D eigenvalue weighted by molar-refractivity contribution is 5.82. The number of piperazine rings is 1. The van der Waals surface area contributed by atoms with Gasteiger partial charge in [0.05, 0.1) is 0 Å². The Bertz CT molecular complexity index is 218. The van der Waals surface area contributed by atoms with E-state index in [-0.39, 0.29) is 5.41 Å². The van der Waals surface area contributed by atoms with Crippen LogP contribution < -0.4 is 0 Å². The molecule has 0 aromatic carbocycles. The van der Waals surface area contributed by atoms with Crippen LogP contribution in [0.4, 0.5) is 0 Å². The minimum atomic E-state index is -0.186. The summed E-state index contributed by atoms with van der Waals surface area (Å²) < 4.78 is 0. The third-order valence-corrected chi connectivity index (χ3v) is 3.57. The highest BCUT2D eigenvalue weighted by Crippen LogP contribution is 2.23. The summed E-state index contributed by atoms with van der Waals surface area (Å²) in [6.45, 7) is 13.3. The van der Waals surface area contributed by atoms with E-state index in [0.29, 0.717) is 5.91 Å². The Hall–Kier alpha value is -0.570. The van der Waals surface area contributed by atoms with Crippen LogP contribution in [0.15, 0.2) is 0 Å². The molecule has 1 heterocycles. The van der Waals surface area contributed by atoms with Gasteiger partial charge in [-0.15, -0.1) is 0 Å². The molecule has 0 aliphatic carbocycles. The van der Waals surface area contributed by atoms with Crippen molar-refractivity contribution in [3.8, 4) is 0 Å². The molecule has 1 aliphatic rings. The van der Waals surface area contributed by atoms with E-state index in [2.05, 4.69) is 18.7 Å². The van der Waals surface area contributed by atoms with E-state index >= 15 is 0 Å². The van der Waals surface area contributed by atoms with Gasteiger partial charge in [-0.25, -0.2) is 0 Å². The van der Waals surface area contributed by atoms with Crippen LogP contribution in [-0.2, 0) is 4.79 Å². The van der Waals surface area contributed by atoms with Gasteiger partial charge in [-0.2, -0.15) is 0 Å². The van der Waals surface area contributed by atoms with E-state index in [1.54, 1.807) is 0 Å². The predicted octanol–water partition coefficient (Wildman–Crippen LogP) is 1.59. The fourth-order valence-electron chi connectivity index (χ4n) is 1.85. The Kier molecular flexibility index (Phi) is 4.14. The quantitative estimate of drug-likeness (QED) is 0.709. The first-order valence-electron chi connectivity index (χ1n) is 6.03. The molecule has 1 rings (SSSR count). The zero-order valence-corrected chi connectivity index (χ0v) is 10.5. The normalized spacial score (nSPS) is 19.3. The first-order valence-corrected chi connectivity index (χ1v) is 6.03. The maximum Gasteiger partial charge on any atom is 0.228 e. The Morgan fingerprint density at radius 2 is 1.67 bits per heavy atom. The largest absolute Gasteiger partial charge is 0.340 e. The highest BCUT2D eigenvalue weighted by atomic mass is 16.2. The molecule has 0 radical (unpaired) electrons. The van der Waals surface area contributed by atoms with Gasteiger partial charge < -0.3 is 9.80 Å². The molecular formula is C12H24N2O. The molecule has 0 spiro atoms. The molecule has 0 saturated carbocycles. The maximum absolute atomic E-state index is 12.2. The van der Waals surface area contributed by atoms with Crippen molar-refractivity contribution in [1.82, 2.24) is 9.80 Å². The van der Waals surface area contributed by atoms with Crippen LogP contribution in [0, 0.1) is 5.41 Å². The fraction of sp³-hybridized carbons (Fsp3) is 0.917. The molecule has 0 bridgehead atoms. The van der Waals surface area contributed by atoms with Gasteiger partial charge in [-0.1, -0.05) is 27.7 Å². The van der Waals surface area contributed by atoms with Crippen molar-refractivity contribution in [3.05, 3.63) is 0 Å². The van der Waals surface area contributed by atoms with Gasteiger partial charge in [0.25, 0.3) is 0 Å². The zero-order chi connectivity index (χ0) is 11.5. The van der Waals surface area contributed by atoms with E-state index in [9.17, 15) is 4.79 Å². The van der Waals surface area contributed by atoms with Crippen molar-refractivity contribution < 1.29 is 4.79 Å². The zero-order valence-electron chi connectivity index (χ0n) is 10.5. The Labute approximate surface area is 93.4 Å². The molecule has 3 heteroatoms. The van der Waals surface area contributed by atoms with Crippen molar-refractivity contribution in [2.24, 2.45) is 5.41 Å². The van der Waals surface area contributed by atoms with Crippen molar-refractivity contribution in [2.45, 2.75) is 34.1 Å². The molecular weight excluding hydrogens is 188 g/mol. The van der Waals surface area contributed by atoms with Crippen molar-refractivity contribution in [3.63, 3.8) is 0 Å². The van der Waals surface area contributed by atoms with Crippen LogP contribution in [0.5, 0.6) is 0 Å². The molecule has 0 unspecified atom stereocenters. The highest BCUT2D eigenvalue weighted by Gasteiger charge is 2.31. The molecule has 1 amide bonds. The minimum absolute atomic E-state index is 0.186. The van der Waals surface area contributed by atoms with Gasteiger partial charge in [0, 0.05) is 31.6 Å². The summed E-state index contributed by atoms with van der Waals surface area (Å²) in [6.07, 6.45) is 0.916. The van der Waals surface area contributed by atoms with Crippen LogP contribution in [0.3, 0.4) is 0 Å². The molecule has 88 valence electrons. The van der Waals surface area contributed by atoms with E-state index in [4.69, 9.17) is 0 Å². The summed E-state index contributed by atoms with van der Waals surface area (Å²) in [4.78, 5) is 16.6. The number of amides is 1. The molecule has 3 nitrogen and oxygen atoms in total. The van der Waals surface area contributed by atoms with Crippen molar-refractivity contribution >= 4 is 5.91 Å². The van der Waals surface area contributed by atoms with Crippen molar-refractivity contribution in [2.75, 3.05) is 32.7 Å². The summed E-state index contributed by atoms with van der Waals surface area (Å²) in [6, 6.07) is 0. The summed E-state index contributed by atoms with van der Waals surface area (Å²) in [5.41, 5.74) is -0.186. The topological polar surface area (TPSA) is 23.6 Å².